The highest BCUT2D eigenvalue weighted by atomic mass is 32.2. The Kier molecular flexibility index (Phi) is 10.9. The number of ether oxygens (including phenoxy) is 1. The van der Waals surface area contributed by atoms with E-state index in [2.05, 4.69) is 5.32 Å². The fraction of sp³-hybridized carbons (Fsp3) is 0.375. The third-order valence-corrected chi connectivity index (χ3v) is 8.36. The van der Waals surface area contributed by atoms with E-state index in [-0.39, 0.29) is 23.4 Å². The highest BCUT2D eigenvalue weighted by Crippen LogP contribution is 2.26. The first-order valence-electron chi connectivity index (χ1n) is 13.9. The second kappa shape index (κ2) is 14.2. The second-order valence-corrected chi connectivity index (χ2v) is 12.2. The minimum Gasteiger partial charge on any atom is -0.494 e. The number of nitrogens with one attached hydrogen (secondary N) is 1. The average molecular weight is 580 g/mol. The lowest BCUT2D eigenvalue weighted by atomic mass is 10.1. The van der Waals surface area contributed by atoms with E-state index in [1.807, 2.05) is 65.8 Å². The van der Waals surface area contributed by atoms with E-state index in [0.29, 0.717) is 24.5 Å². The van der Waals surface area contributed by atoms with Crippen LogP contribution in [0.4, 0.5) is 5.69 Å². The van der Waals surface area contributed by atoms with E-state index >= 15 is 0 Å². The summed E-state index contributed by atoms with van der Waals surface area (Å²) in [7, 11) is -4.15. The molecule has 1 N–H and O–H groups in total. The smallest absolute Gasteiger partial charge is 0.264 e. The Hall–Kier alpha value is -3.85. The predicted octanol–water partition coefficient (Wildman–Crippen LogP) is 5.23. The van der Waals surface area contributed by atoms with E-state index in [1.54, 1.807) is 36.4 Å². The molecule has 1 atom stereocenters. The molecule has 0 fully saturated rings. The molecule has 0 bridgehead atoms. The van der Waals surface area contributed by atoms with Gasteiger partial charge in [0.05, 0.1) is 17.2 Å². The fourth-order valence-electron chi connectivity index (χ4n) is 4.55. The van der Waals surface area contributed by atoms with Crippen molar-refractivity contribution in [1.82, 2.24) is 10.2 Å². The van der Waals surface area contributed by atoms with Gasteiger partial charge in [-0.25, -0.2) is 8.42 Å². The van der Waals surface area contributed by atoms with Gasteiger partial charge in [-0.3, -0.25) is 13.9 Å². The monoisotopic (exact) mass is 579 g/mol. The maximum Gasteiger partial charge on any atom is 0.264 e. The van der Waals surface area contributed by atoms with Crippen LogP contribution in [-0.4, -0.2) is 50.4 Å². The van der Waals surface area contributed by atoms with Crippen LogP contribution in [0.2, 0.25) is 0 Å². The van der Waals surface area contributed by atoms with Gasteiger partial charge in [-0.2, -0.15) is 0 Å². The van der Waals surface area contributed by atoms with Crippen molar-refractivity contribution in [1.29, 1.82) is 0 Å². The van der Waals surface area contributed by atoms with Crippen LogP contribution in [0.3, 0.4) is 0 Å². The minimum absolute atomic E-state index is 0.0316. The lowest BCUT2D eigenvalue weighted by Gasteiger charge is -2.33. The summed E-state index contributed by atoms with van der Waals surface area (Å²) < 4.78 is 34.6. The highest BCUT2D eigenvalue weighted by molar-refractivity contribution is 7.92. The normalized spacial score (nSPS) is 12.1. The average Bonchev–Trinajstić information content (AvgIpc) is 2.92. The Morgan fingerprint density at radius 3 is 2.12 bits per heavy atom. The summed E-state index contributed by atoms with van der Waals surface area (Å²) in [5, 5.41) is 2.91. The number of amides is 2. The zero-order valence-electron chi connectivity index (χ0n) is 24.8. The van der Waals surface area contributed by atoms with Crippen molar-refractivity contribution in [2.45, 2.75) is 71.5 Å². The summed E-state index contributed by atoms with van der Waals surface area (Å²) in [6.07, 6.45) is 0.367. The van der Waals surface area contributed by atoms with Crippen molar-refractivity contribution < 1.29 is 22.7 Å². The number of carbonyl (C=O) groups is 2. The largest absolute Gasteiger partial charge is 0.494 e. The molecule has 1 unspecified atom stereocenters. The van der Waals surface area contributed by atoms with Crippen LogP contribution in [-0.2, 0) is 26.2 Å². The van der Waals surface area contributed by atoms with Gasteiger partial charge in [0.15, 0.2) is 0 Å². The van der Waals surface area contributed by atoms with Crippen molar-refractivity contribution in [3.05, 3.63) is 89.5 Å². The molecule has 3 aromatic carbocycles. The highest BCUT2D eigenvalue weighted by Gasteiger charge is 2.33. The molecule has 0 heterocycles. The van der Waals surface area contributed by atoms with E-state index in [4.69, 9.17) is 4.74 Å². The molecular weight excluding hydrogens is 538 g/mol. The van der Waals surface area contributed by atoms with Crippen molar-refractivity contribution >= 4 is 27.5 Å². The molecule has 3 aromatic rings. The Bertz CT molecular complexity index is 1420. The molecule has 3 rings (SSSR count). The van der Waals surface area contributed by atoms with Gasteiger partial charge in [0, 0.05) is 12.6 Å². The molecule has 220 valence electrons. The van der Waals surface area contributed by atoms with Gasteiger partial charge in [0.2, 0.25) is 11.8 Å². The molecule has 0 saturated carbocycles. The number of anilines is 1. The summed E-state index contributed by atoms with van der Waals surface area (Å²) in [5.74, 6) is -0.206. The van der Waals surface area contributed by atoms with Crippen LogP contribution in [0.25, 0.3) is 0 Å². The molecule has 8 nitrogen and oxygen atoms in total. The number of rotatable bonds is 13. The molecule has 0 saturated heterocycles. The van der Waals surface area contributed by atoms with E-state index in [0.717, 1.165) is 21.0 Å². The third kappa shape index (κ3) is 8.33. The van der Waals surface area contributed by atoms with Crippen molar-refractivity contribution in [3.8, 4) is 5.75 Å². The van der Waals surface area contributed by atoms with E-state index in [9.17, 15) is 18.0 Å². The standard InChI is InChI=1S/C32H41N3O5S/c1-7-30(32(37)33-23(3)4)34(21-26-11-9-10-25(6)20-26)31(36)22-35(27-14-12-24(5)13-15-27)41(38,39)29-18-16-28(17-19-29)40-8-2/h9-20,23,30H,7-8,21-22H2,1-6H3,(H,33,37). The number of carbonyl (C=O) groups excluding carboxylic acids is 2. The second-order valence-electron chi connectivity index (χ2n) is 10.3. The number of hydrogen-bond acceptors (Lipinski definition) is 5. The molecule has 0 aliphatic heterocycles. The van der Waals surface area contributed by atoms with Crippen LogP contribution < -0.4 is 14.4 Å². The van der Waals surface area contributed by atoms with E-state index < -0.39 is 28.5 Å². The summed E-state index contributed by atoms with van der Waals surface area (Å²) in [6.45, 7) is 11.4. The Morgan fingerprint density at radius 2 is 1.56 bits per heavy atom. The topological polar surface area (TPSA) is 96.0 Å². The SMILES string of the molecule is CCOc1ccc(S(=O)(=O)N(CC(=O)N(Cc2cccc(C)c2)C(CC)C(=O)NC(C)C)c2ccc(C)cc2)cc1. The Balaban J connectivity index is 2.05. The lowest BCUT2D eigenvalue weighted by molar-refractivity contribution is -0.140. The third-order valence-electron chi connectivity index (χ3n) is 6.58. The van der Waals surface area contributed by atoms with Gasteiger partial charge in [-0.1, -0.05) is 54.4 Å². The number of aryl methyl sites for hydroxylation is 2. The summed E-state index contributed by atoms with van der Waals surface area (Å²) in [5.41, 5.74) is 3.18. The van der Waals surface area contributed by atoms with Gasteiger partial charge >= 0.3 is 0 Å². The van der Waals surface area contributed by atoms with E-state index in [1.165, 1.54) is 17.0 Å². The molecule has 0 spiro atoms. The minimum atomic E-state index is -4.15. The first-order valence-corrected chi connectivity index (χ1v) is 15.4. The molecule has 0 radical (unpaired) electrons. The fourth-order valence-corrected chi connectivity index (χ4v) is 5.96. The van der Waals surface area contributed by atoms with Gasteiger partial charge in [0.25, 0.3) is 10.0 Å². The first kappa shape index (κ1) is 31.7. The van der Waals surface area contributed by atoms with Crippen LogP contribution in [0, 0.1) is 13.8 Å². The molecule has 0 aliphatic carbocycles. The molecule has 0 aliphatic rings. The van der Waals surface area contributed by atoms with Crippen LogP contribution in [0.5, 0.6) is 5.75 Å². The summed E-state index contributed by atoms with van der Waals surface area (Å²) in [4.78, 5) is 28.9. The lowest BCUT2D eigenvalue weighted by Crippen LogP contribution is -2.53. The van der Waals surface area contributed by atoms with Gasteiger partial charge in [-0.15, -0.1) is 0 Å². The van der Waals surface area contributed by atoms with Crippen molar-refractivity contribution in [3.63, 3.8) is 0 Å². The molecular formula is C32H41N3O5S. The number of nitrogens with zero attached hydrogens (tertiary/aromatic N) is 2. The van der Waals surface area contributed by atoms with Crippen LogP contribution >= 0.6 is 0 Å². The quantitative estimate of drug-likeness (QED) is 0.299. The zero-order chi connectivity index (χ0) is 30.2. The summed E-state index contributed by atoms with van der Waals surface area (Å²) >= 11 is 0. The number of sulfonamides is 1. The predicted molar refractivity (Wildman–Crippen MR) is 162 cm³/mol. The summed E-state index contributed by atoms with van der Waals surface area (Å²) in [6, 6.07) is 19.9. The van der Waals surface area contributed by atoms with Gasteiger partial charge in [0.1, 0.15) is 18.3 Å². The van der Waals surface area contributed by atoms with Crippen molar-refractivity contribution in [2.75, 3.05) is 17.5 Å². The Labute approximate surface area is 244 Å². The maximum atomic E-state index is 14.1. The van der Waals surface area contributed by atoms with Crippen LogP contribution in [0.1, 0.15) is 50.8 Å². The maximum absolute atomic E-state index is 14.1. The molecule has 0 aromatic heterocycles. The molecule has 41 heavy (non-hydrogen) atoms. The van der Waals surface area contributed by atoms with Crippen molar-refractivity contribution in [2.24, 2.45) is 0 Å². The first-order chi connectivity index (χ1) is 19.5. The zero-order valence-corrected chi connectivity index (χ0v) is 25.6. The molecule has 9 heteroatoms. The van der Waals surface area contributed by atoms with Crippen LogP contribution in [0.15, 0.2) is 77.7 Å². The van der Waals surface area contributed by atoms with Gasteiger partial charge < -0.3 is 15.0 Å². The number of benzene rings is 3. The number of hydrogen-bond donors (Lipinski definition) is 1. The Morgan fingerprint density at radius 1 is 0.902 bits per heavy atom. The molecule has 2 amide bonds. The van der Waals surface area contributed by atoms with Gasteiger partial charge in [-0.05, 0) is 83.0 Å².